The molecule has 1 aliphatic rings. The maximum atomic E-state index is 12.1. The molecule has 0 bridgehead atoms. The average molecular weight is 396 g/mol. The molecule has 0 aliphatic carbocycles. The van der Waals surface area contributed by atoms with Crippen LogP contribution in [0, 0.1) is 3.57 Å². The summed E-state index contributed by atoms with van der Waals surface area (Å²) in [5.74, 6) is 1.88. The van der Waals surface area contributed by atoms with Gasteiger partial charge in [0.05, 0.1) is 0 Å². The number of Topliss-reactive ketones (excluding diaryl/α,β-unsaturated/α-hetero) is 1. The second-order valence-corrected chi connectivity index (χ2v) is 5.77. The van der Waals surface area contributed by atoms with Gasteiger partial charge in [0.1, 0.15) is 19.0 Å². The molecule has 3 rings (SSSR count). The van der Waals surface area contributed by atoms with Crippen LogP contribution in [0.3, 0.4) is 0 Å². The van der Waals surface area contributed by atoms with Crippen molar-refractivity contribution in [3.8, 4) is 17.2 Å². The van der Waals surface area contributed by atoms with Crippen molar-refractivity contribution in [3.63, 3.8) is 0 Å². The Morgan fingerprint density at radius 2 is 1.76 bits per heavy atom. The highest BCUT2D eigenvalue weighted by Crippen LogP contribution is 2.30. The minimum atomic E-state index is -0.0921. The molecule has 1 aliphatic heterocycles. The van der Waals surface area contributed by atoms with Crippen molar-refractivity contribution < 1.29 is 19.0 Å². The minimum absolute atomic E-state index is 0.000234. The van der Waals surface area contributed by atoms with Gasteiger partial charge in [0.25, 0.3) is 0 Å². The number of fused-ring (bicyclic) bond motifs is 1. The number of hydrogen-bond donors (Lipinski definition) is 0. The van der Waals surface area contributed by atoms with Crippen LogP contribution in [0.15, 0.2) is 42.5 Å². The van der Waals surface area contributed by atoms with Gasteiger partial charge in [0, 0.05) is 9.13 Å². The van der Waals surface area contributed by atoms with E-state index in [-0.39, 0.29) is 12.4 Å². The minimum Gasteiger partial charge on any atom is -0.486 e. The Hall–Kier alpha value is -1.76. The van der Waals surface area contributed by atoms with Gasteiger partial charge >= 0.3 is 0 Å². The SMILES string of the molecule is O=C(COc1ccc(I)cc1)c1ccc2c(c1)OCCO2. The number of hydrogen-bond acceptors (Lipinski definition) is 4. The molecule has 0 spiro atoms. The van der Waals surface area contributed by atoms with Crippen LogP contribution in [0.2, 0.25) is 0 Å². The fourth-order valence-electron chi connectivity index (χ4n) is 1.98. The molecule has 0 aromatic heterocycles. The predicted octanol–water partition coefficient (Wildman–Crippen LogP) is 3.32. The van der Waals surface area contributed by atoms with E-state index in [4.69, 9.17) is 14.2 Å². The van der Waals surface area contributed by atoms with E-state index < -0.39 is 0 Å². The summed E-state index contributed by atoms with van der Waals surface area (Å²) in [6.45, 7) is 1.04. The third-order valence-electron chi connectivity index (χ3n) is 3.05. The lowest BCUT2D eigenvalue weighted by Gasteiger charge is -2.18. The molecular formula is C16H13IO4. The largest absolute Gasteiger partial charge is 0.486 e. The third kappa shape index (κ3) is 3.47. The molecule has 4 nitrogen and oxygen atoms in total. The number of ether oxygens (including phenoxy) is 3. The average Bonchev–Trinajstić information content (AvgIpc) is 2.53. The predicted molar refractivity (Wildman–Crippen MR) is 86.4 cm³/mol. The molecule has 0 radical (unpaired) electrons. The molecule has 0 unspecified atom stereocenters. The van der Waals surface area contributed by atoms with Crippen molar-refractivity contribution in [2.24, 2.45) is 0 Å². The summed E-state index contributed by atoms with van der Waals surface area (Å²) >= 11 is 2.22. The lowest BCUT2D eigenvalue weighted by atomic mass is 10.1. The van der Waals surface area contributed by atoms with E-state index in [2.05, 4.69) is 22.6 Å². The number of benzene rings is 2. The van der Waals surface area contributed by atoms with E-state index in [1.165, 1.54) is 0 Å². The van der Waals surface area contributed by atoms with E-state index in [0.29, 0.717) is 36.0 Å². The van der Waals surface area contributed by atoms with E-state index in [1.54, 1.807) is 18.2 Å². The van der Waals surface area contributed by atoms with Crippen molar-refractivity contribution in [1.82, 2.24) is 0 Å². The molecule has 0 saturated carbocycles. The molecule has 108 valence electrons. The molecule has 1 heterocycles. The van der Waals surface area contributed by atoms with Crippen LogP contribution in [0.5, 0.6) is 17.2 Å². The molecule has 0 fully saturated rings. The Labute approximate surface area is 136 Å². The Bertz CT molecular complexity index is 652. The standard InChI is InChI=1S/C16H13IO4/c17-12-2-4-13(5-3-12)21-10-14(18)11-1-6-15-16(9-11)20-8-7-19-15/h1-6,9H,7-8,10H2. The van der Waals surface area contributed by atoms with E-state index >= 15 is 0 Å². The molecule has 0 saturated heterocycles. The zero-order valence-electron chi connectivity index (χ0n) is 11.2. The summed E-state index contributed by atoms with van der Waals surface area (Å²) in [5.41, 5.74) is 0.560. The highest BCUT2D eigenvalue weighted by Gasteiger charge is 2.15. The second-order valence-electron chi connectivity index (χ2n) is 4.52. The maximum Gasteiger partial charge on any atom is 0.200 e. The summed E-state index contributed by atoms with van der Waals surface area (Å²) in [5, 5.41) is 0. The summed E-state index contributed by atoms with van der Waals surface area (Å²) in [4.78, 5) is 12.1. The highest BCUT2D eigenvalue weighted by atomic mass is 127. The van der Waals surface area contributed by atoms with Crippen molar-refractivity contribution in [2.75, 3.05) is 19.8 Å². The quantitative estimate of drug-likeness (QED) is 0.588. The van der Waals surface area contributed by atoms with Gasteiger partial charge in [-0.1, -0.05) is 0 Å². The monoisotopic (exact) mass is 396 g/mol. The first-order chi connectivity index (χ1) is 10.2. The maximum absolute atomic E-state index is 12.1. The van der Waals surface area contributed by atoms with Gasteiger partial charge in [-0.3, -0.25) is 4.79 Å². The van der Waals surface area contributed by atoms with Crippen molar-refractivity contribution in [1.29, 1.82) is 0 Å². The molecule has 0 atom stereocenters. The number of halogens is 1. The lowest BCUT2D eigenvalue weighted by Crippen LogP contribution is -2.17. The highest BCUT2D eigenvalue weighted by molar-refractivity contribution is 14.1. The summed E-state index contributed by atoms with van der Waals surface area (Å²) in [6.07, 6.45) is 0. The van der Waals surface area contributed by atoms with E-state index in [9.17, 15) is 4.79 Å². The molecule has 2 aromatic carbocycles. The lowest BCUT2D eigenvalue weighted by molar-refractivity contribution is 0.0920. The smallest absolute Gasteiger partial charge is 0.200 e. The summed E-state index contributed by atoms with van der Waals surface area (Å²) < 4.78 is 17.5. The first-order valence-corrected chi connectivity index (χ1v) is 7.61. The molecule has 2 aromatic rings. The zero-order chi connectivity index (χ0) is 14.7. The molecule has 21 heavy (non-hydrogen) atoms. The zero-order valence-corrected chi connectivity index (χ0v) is 13.3. The Kier molecular flexibility index (Phi) is 4.28. The molecule has 0 N–H and O–H groups in total. The molecule has 5 heteroatoms. The van der Waals surface area contributed by atoms with Crippen molar-refractivity contribution in [2.45, 2.75) is 0 Å². The number of ketones is 1. The van der Waals surface area contributed by atoms with Crippen molar-refractivity contribution >= 4 is 28.4 Å². The summed E-state index contributed by atoms with van der Waals surface area (Å²) in [7, 11) is 0. The summed E-state index contributed by atoms with van der Waals surface area (Å²) in [6, 6.07) is 12.8. The Morgan fingerprint density at radius 3 is 2.52 bits per heavy atom. The Morgan fingerprint density at radius 1 is 1.05 bits per heavy atom. The van der Waals surface area contributed by atoms with Crippen LogP contribution in [-0.2, 0) is 0 Å². The molecule has 0 amide bonds. The topological polar surface area (TPSA) is 44.8 Å². The van der Waals surface area contributed by atoms with Gasteiger partial charge in [-0.05, 0) is 65.1 Å². The first kappa shape index (κ1) is 14.2. The fourth-order valence-corrected chi connectivity index (χ4v) is 2.34. The van der Waals surface area contributed by atoms with Crippen LogP contribution in [0.25, 0.3) is 0 Å². The number of rotatable bonds is 4. The van der Waals surface area contributed by atoms with Crippen LogP contribution < -0.4 is 14.2 Å². The van der Waals surface area contributed by atoms with Gasteiger partial charge in [-0.2, -0.15) is 0 Å². The Balaban J connectivity index is 1.66. The van der Waals surface area contributed by atoms with Crippen LogP contribution in [-0.4, -0.2) is 25.6 Å². The van der Waals surface area contributed by atoms with Gasteiger partial charge in [0.2, 0.25) is 0 Å². The van der Waals surface area contributed by atoms with Crippen LogP contribution in [0.1, 0.15) is 10.4 Å². The van der Waals surface area contributed by atoms with E-state index in [0.717, 1.165) is 3.57 Å². The van der Waals surface area contributed by atoms with Gasteiger partial charge < -0.3 is 14.2 Å². The van der Waals surface area contributed by atoms with Crippen LogP contribution in [0.4, 0.5) is 0 Å². The second kappa shape index (κ2) is 6.34. The fraction of sp³-hybridized carbons (Fsp3) is 0.188. The third-order valence-corrected chi connectivity index (χ3v) is 3.77. The normalized spacial score (nSPS) is 12.8. The van der Waals surface area contributed by atoms with Gasteiger partial charge in [-0.25, -0.2) is 0 Å². The van der Waals surface area contributed by atoms with Gasteiger partial charge in [-0.15, -0.1) is 0 Å². The number of carbonyl (C=O) groups excluding carboxylic acids is 1. The van der Waals surface area contributed by atoms with E-state index in [1.807, 2.05) is 24.3 Å². The van der Waals surface area contributed by atoms with Crippen molar-refractivity contribution in [3.05, 3.63) is 51.6 Å². The van der Waals surface area contributed by atoms with Crippen LogP contribution >= 0.6 is 22.6 Å². The first-order valence-electron chi connectivity index (χ1n) is 6.53. The van der Waals surface area contributed by atoms with Gasteiger partial charge in [0.15, 0.2) is 23.9 Å². The molecular weight excluding hydrogens is 383 g/mol. The number of carbonyl (C=O) groups is 1.